The Kier molecular flexibility index (Phi) is 7.12. The minimum Gasteiger partial charge on any atom is -0.480 e. The molecule has 1 aromatic carbocycles. The number of nitrogens with one attached hydrogen (secondary N) is 1. The number of carboxylic acids is 1. The number of hydrogen-bond donors (Lipinski definition) is 4. The van der Waals surface area contributed by atoms with E-state index in [4.69, 9.17) is 20.3 Å². The van der Waals surface area contributed by atoms with E-state index in [1.165, 1.54) is 0 Å². The lowest BCUT2D eigenvalue weighted by atomic mass is 10.1. The van der Waals surface area contributed by atoms with Crippen molar-refractivity contribution in [2.45, 2.75) is 12.8 Å². The summed E-state index contributed by atoms with van der Waals surface area (Å²) < 4.78 is 4.92. The van der Waals surface area contributed by atoms with E-state index in [9.17, 15) is 9.59 Å². The van der Waals surface area contributed by atoms with Crippen LogP contribution in [0.1, 0.15) is 12.0 Å². The van der Waals surface area contributed by atoms with Gasteiger partial charge in [0.1, 0.15) is 12.3 Å². The zero-order valence-electron chi connectivity index (χ0n) is 11.1. The second-order valence-corrected chi connectivity index (χ2v) is 3.97. The van der Waals surface area contributed by atoms with Crippen LogP contribution in [0.4, 0.5) is 4.79 Å². The van der Waals surface area contributed by atoms with Gasteiger partial charge in [-0.15, -0.1) is 0 Å². The van der Waals surface area contributed by atoms with Crippen LogP contribution in [0.15, 0.2) is 24.3 Å². The number of nitrogens with zero attached hydrogens (tertiary/aromatic N) is 1. The van der Waals surface area contributed by atoms with Crippen molar-refractivity contribution in [3.8, 4) is 5.75 Å². The molecule has 0 aliphatic carbocycles. The molecule has 0 bridgehead atoms. The predicted molar refractivity (Wildman–Crippen MR) is 67.8 cm³/mol. The molecule has 0 heterocycles. The third kappa shape index (κ3) is 7.84. The molecule has 9 nitrogen and oxygen atoms in total. The number of hydrogen-bond acceptors (Lipinski definition) is 7. The summed E-state index contributed by atoms with van der Waals surface area (Å²) >= 11 is 0. The lowest BCUT2D eigenvalue weighted by Gasteiger charge is -2.08. The van der Waals surface area contributed by atoms with E-state index in [2.05, 4.69) is 10.2 Å². The molecule has 0 atom stereocenters. The third-order valence-electron chi connectivity index (χ3n) is 2.31. The standard InChI is InChI=1S/C12H16N2O7/c15-11(16)8-13-12(17)21-10-5-1-3-9(7-10)4-2-6-20-14(18)19/h1,3,5,7,18-19H,2,4,6,8H2,(H,13,17)(H,15,16). The summed E-state index contributed by atoms with van der Waals surface area (Å²) in [5, 5.41) is 26.8. The normalized spacial score (nSPS) is 10.4. The second-order valence-electron chi connectivity index (χ2n) is 3.97. The van der Waals surface area contributed by atoms with E-state index in [0.29, 0.717) is 12.8 Å². The molecule has 21 heavy (non-hydrogen) atoms. The number of rotatable bonds is 8. The maximum Gasteiger partial charge on any atom is 0.413 e. The van der Waals surface area contributed by atoms with Crippen LogP contribution in [0, 0.1) is 0 Å². The smallest absolute Gasteiger partial charge is 0.413 e. The summed E-state index contributed by atoms with van der Waals surface area (Å²) in [6.07, 6.45) is 0.239. The summed E-state index contributed by atoms with van der Waals surface area (Å²) in [6.45, 7) is -0.411. The van der Waals surface area contributed by atoms with Gasteiger partial charge >= 0.3 is 12.1 Å². The van der Waals surface area contributed by atoms with Crippen LogP contribution in [-0.2, 0) is 16.1 Å². The number of aliphatic carboxylic acids is 1. The number of carbonyl (C=O) groups is 2. The average Bonchev–Trinajstić information content (AvgIpc) is 2.42. The van der Waals surface area contributed by atoms with Crippen LogP contribution in [0.3, 0.4) is 0 Å². The fourth-order valence-corrected chi connectivity index (χ4v) is 1.48. The fourth-order valence-electron chi connectivity index (χ4n) is 1.48. The molecule has 0 aromatic heterocycles. The van der Waals surface area contributed by atoms with Crippen molar-refractivity contribution in [3.63, 3.8) is 0 Å². The van der Waals surface area contributed by atoms with Gasteiger partial charge in [-0.2, -0.15) is 0 Å². The quantitative estimate of drug-likeness (QED) is 0.410. The van der Waals surface area contributed by atoms with Gasteiger partial charge in [0.15, 0.2) is 0 Å². The van der Waals surface area contributed by atoms with Gasteiger partial charge in [0.25, 0.3) is 0 Å². The van der Waals surface area contributed by atoms with Crippen molar-refractivity contribution in [1.29, 1.82) is 0 Å². The molecule has 1 amide bonds. The molecule has 0 unspecified atom stereocenters. The van der Waals surface area contributed by atoms with Crippen molar-refractivity contribution in [2.75, 3.05) is 13.2 Å². The van der Waals surface area contributed by atoms with Gasteiger partial charge in [0.05, 0.1) is 12.0 Å². The van der Waals surface area contributed by atoms with Crippen LogP contribution >= 0.6 is 0 Å². The first-order valence-corrected chi connectivity index (χ1v) is 6.04. The highest BCUT2D eigenvalue weighted by atomic mass is 17.1. The first kappa shape index (κ1) is 16.9. The van der Waals surface area contributed by atoms with Crippen molar-refractivity contribution in [2.24, 2.45) is 0 Å². The maximum absolute atomic E-state index is 11.3. The predicted octanol–water partition coefficient (Wildman–Crippen LogP) is 0.804. The Hall–Kier alpha value is -2.20. The van der Waals surface area contributed by atoms with E-state index in [-0.39, 0.29) is 17.7 Å². The number of aryl methyl sites for hydroxylation is 1. The second kappa shape index (κ2) is 8.87. The molecule has 116 valence electrons. The molecule has 9 heteroatoms. The van der Waals surface area contributed by atoms with E-state index in [0.717, 1.165) is 5.56 Å². The zero-order chi connectivity index (χ0) is 15.7. The fraction of sp³-hybridized carbons (Fsp3) is 0.333. The van der Waals surface area contributed by atoms with Gasteiger partial charge in [-0.05, 0) is 30.5 Å². The Balaban J connectivity index is 2.41. The summed E-state index contributed by atoms with van der Waals surface area (Å²) in [6, 6.07) is 6.66. The van der Waals surface area contributed by atoms with Crippen LogP contribution < -0.4 is 10.1 Å². The Morgan fingerprint density at radius 3 is 2.71 bits per heavy atom. The summed E-state index contributed by atoms with van der Waals surface area (Å²) in [7, 11) is 0. The minimum absolute atomic E-state index is 0.108. The Morgan fingerprint density at radius 1 is 1.29 bits per heavy atom. The average molecular weight is 300 g/mol. The van der Waals surface area contributed by atoms with Gasteiger partial charge < -0.3 is 15.2 Å². The lowest BCUT2D eigenvalue weighted by molar-refractivity contribution is -0.492. The molecular formula is C12H16N2O7. The molecular weight excluding hydrogens is 284 g/mol. The third-order valence-corrected chi connectivity index (χ3v) is 2.31. The molecule has 4 N–H and O–H groups in total. The van der Waals surface area contributed by atoms with Crippen LogP contribution in [0.2, 0.25) is 0 Å². The maximum atomic E-state index is 11.3. The van der Waals surface area contributed by atoms with Gasteiger partial charge in [-0.25, -0.2) is 4.79 Å². The topological polar surface area (TPSA) is 129 Å². The van der Waals surface area contributed by atoms with E-state index in [1.807, 2.05) is 0 Å². The van der Waals surface area contributed by atoms with Crippen molar-refractivity contribution >= 4 is 12.1 Å². The van der Waals surface area contributed by atoms with Crippen molar-refractivity contribution < 1.29 is 34.7 Å². The molecule has 1 rings (SSSR count). The number of amides is 1. The molecule has 0 saturated carbocycles. The summed E-state index contributed by atoms with van der Waals surface area (Å²) in [4.78, 5) is 26.0. The van der Waals surface area contributed by atoms with E-state index in [1.54, 1.807) is 24.3 Å². The summed E-state index contributed by atoms with van der Waals surface area (Å²) in [5.41, 5.74) is 0.851. The highest BCUT2D eigenvalue weighted by Crippen LogP contribution is 2.14. The van der Waals surface area contributed by atoms with Gasteiger partial charge in [-0.3, -0.25) is 20.0 Å². The van der Waals surface area contributed by atoms with Crippen LogP contribution in [0.5, 0.6) is 5.75 Å². The Morgan fingerprint density at radius 2 is 2.05 bits per heavy atom. The number of carboxylic acid groups (broad SMARTS) is 1. The van der Waals surface area contributed by atoms with Gasteiger partial charge in [-0.1, -0.05) is 12.1 Å². The minimum atomic E-state index is -1.16. The van der Waals surface area contributed by atoms with Crippen LogP contribution in [0.25, 0.3) is 0 Å². The monoisotopic (exact) mass is 300 g/mol. The molecule has 0 fully saturated rings. The number of carbonyl (C=O) groups excluding carboxylic acids is 1. The highest BCUT2D eigenvalue weighted by molar-refractivity contribution is 5.77. The summed E-state index contributed by atoms with van der Waals surface area (Å²) in [5.74, 6) is -0.884. The first-order chi connectivity index (χ1) is 9.97. The molecule has 0 spiro atoms. The zero-order valence-corrected chi connectivity index (χ0v) is 11.1. The molecule has 0 saturated heterocycles. The number of benzene rings is 1. The Labute approximate surface area is 120 Å². The largest absolute Gasteiger partial charge is 0.480 e. The van der Waals surface area contributed by atoms with Gasteiger partial charge in [0, 0.05) is 0 Å². The molecule has 0 aliphatic rings. The van der Waals surface area contributed by atoms with Gasteiger partial charge in [0.2, 0.25) is 0 Å². The number of ether oxygens (including phenoxy) is 1. The highest BCUT2D eigenvalue weighted by Gasteiger charge is 2.06. The van der Waals surface area contributed by atoms with Crippen molar-refractivity contribution in [3.05, 3.63) is 29.8 Å². The van der Waals surface area contributed by atoms with Crippen LogP contribution in [-0.4, -0.2) is 46.1 Å². The van der Waals surface area contributed by atoms with E-state index < -0.39 is 18.6 Å². The SMILES string of the molecule is O=C(O)CNC(=O)Oc1cccc(CCCON(O)O)c1. The lowest BCUT2D eigenvalue weighted by Crippen LogP contribution is -2.31. The first-order valence-electron chi connectivity index (χ1n) is 6.04. The molecule has 1 aromatic rings. The molecule has 0 radical (unpaired) electrons. The van der Waals surface area contributed by atoms with E-state index >= 15 is 0 Å². The van der Waals surface area contributed by atoms with Crippen molar-refractivity contribution in [1.82, 2.24) is 10.7 Å². The molecule has 0 aliphatic heterocycles. The Bertz CT molecular complexity index is 478.